The van der Waals surface area contributed by atoms with Crippen molar-refractivity contribution < 1.29 is 8.42 Å². The van der Waals surface area contributed by atoms with Gasteiger partial charge in [0.2, 0.25) is 0 Å². The lowest BCUT2D eigenvalue weighted by molar-refractivity contribution is 0.601. The van der Waals surface area contributed by atoms with Crippen molar-refractivity contribution in [3.05, 3.63) is 57.5 Å². The molecule has 0 aliphatic heterocycles. The van der Waals surface area contributed by atoms with Gasteiger partial charge in [0.25, 0.3) is 10.0 Å². The monoisotopic (exact) mass is 387 g/mol. The number of benzene rings is 2. The topological polar surface area (TPSA) is 46.2 Å². The summed E-state index contributed by atoms with van der Waals surface area (Å²) in [5, 5.41) is 0.178. The highest BCUT2D eigenvalue weighted by Gasteiger charge is 2.18. The zero-order chi connectivity index (χ0) is 15.6. The zero-order valence-electron chi connectivity index (χ0n) is 11.6. The number of rotatable bonds is 4. The average Bonchev–Trinajstić information content (AvgIpc) is 2.37. The van der Waals surface area contributed by atoms with E-state index < -0.39 is 10.0 Å². The first kappa shape index (κ1) is 16.3. The van der Waals surface area contributed by atoms with Gasteiger partial charge in [-0.05, 0) is 41.8 Å². The Balaban J connectivity index is 2.35. The molecule has 2 aromatic rings. The molecular weight excluding hydrogens is 374 g/mol. The van der Waals surface area contributed by atoms with Gasteiger partial charge in [-0.15, -0.1) is 0 Å². The Morgan fingerprint density at radius 3 is 2.48 bits per heavy atom. The van der Waals surface area contributed by atoms with Gasteiger partial charge in [0.1, 0.15) is 4.90 Å². The Morgan fingerprint density at radius 1 is 1.14 bits per heavy atom. The van der Waals surface area contributed by atoms with Crippen molar-refractivity contribution in [3.63, 3.8) is 0 Å². The quantitative estimate of drug-likeness (QED) is 0.798. The molecular formula is C15H15BrClNO2S. The normalized spacial score (nSPS) is 11.7. The van der Waals surface area contributed by atoms with E-state index in [4.69, 9.17) is 11.6 Å². The minimum atomic E-state index is -3.71. The Labute approximate surface area is 138 Å². The van der Waals surface area contributed by atoms with Crippen molar-refractivity contribution in [1.82, 2.24) is 0 Å². The van der Waals surface area contributed by atoms with Gasteiger partial charge in [-0.2, -0.15) is 0 Å². The molecule has 6 heteroatoms. The van der Waals surface area contributed by atoms with Crippen LogP contribution in [0, 0.1) is 0 Å². The van der Waals surface area contributed by atoms with Crippen LogP contribution in [-0.2, 0) is 10.0 Å². The van der Waals surface area contributed by atoms with Gasteiger partial charge in [-0.25, -0.2) is 8.42 Å². The second kappa shape index (κ2) is 6.38. The summed E-state index contributed by atoms with van der Waals surface area (Å²) in [6.07, 6.45) is 0. The first-order chi connectivity index (χ1) is 9.79. The van der Waals surface area contributed by atoms with Crippen LogP contribution in [-0.4, -0.2) is 8.42 Å². The third kappa shape index (κ3) is 3.99. The van der Waals surface area contributed by atoms with Crippen molar-refractivity contribution in [2.24, 2.45) is 0 Å². The molecule has 21 heavy (non-hydrogen) atoms. The molecule has 0 saturated carbocycles. The van der Waals surface area contributed by atoms with E-state index in [1.807, 2.05) is 18.2 Å². The van der Waals surface area contributed by atoms with Crippen molar-refractivity contribution in [1.29, 1.82) is 0 Å². The molecule has 0 atom stereocenters. The second-order valence-electron chi connectivity index (χ2n) is 4.96. The smallest absolute Gasteiger partial charge is 0.263 e. The van der Waals surface area contributed by atoms with Crippen molar-refractivity contribution in [2.75, 3.05) is 4.72 Å². The van der Waals surface area contributed by atoms with Crippen molar-refractivity contribution >= 4 is 43.2 Å². The fourth-order valence-electron chi connectivity index (χ4n) is 1.86. The molecule has 0 heterocycles. The summed E-state index contributed by atoms with van der Waals surface area (Å²) in [7, 11) is -3.71. The van der Waals surface area contributed by atoms with Crippen LogP contribution in [0.2, 0.25) is 5.02 Å². The Hall–Kier alpha value is -1.04. The Morgan fingerprint density at radius 2 is 1.86 bits per heavy atom. The van der Waals surface area contributed by atoms with Crippen molar-refractivity contribution in [3.8, 4) is 0 Å². The third-order valence-electron chi connectivity index (χ3n) is 2.99. The summed E-state index contributed by atoms with van der Waals surface area (Å²) in [6.45, 7) is 4.11. The summed E-state index contributed by atoms with van der Waals surface area (Å²) in [5.41, 5.74) is 1.59. The number of anilines is 1. The van der Waals surface area contributed by atoms with E-state index in [1.54, 1.807) is 18.2 Å². The summed E-state index contributed by atoms with van der Waals surface area (Å²) in [4.78, 5) is 0.0577. The van der Waals surface area contributed by atoms with Crippen LogP contribution in [0.15, 0.2) is 51.8 Å². The number of hydrogen-bond acceptors (Lipinski definition) is 2. The maximum Gasteiger partial charge on any atom is 0.263 e. The van der Waals surface area contributed by atoms with E-state index in [1.165, 1.54) is 6.07 Å². The Bertz CT molecular complexity index is 760. The molecule has 2 rings (SSSR count). The van der Waals surface area contributed by atoms with E-state index in [0.29, 0.717) is 11.6 Å². The van der Waals surface area contributed by atoms with Gasteiger partial charge in [-0.1, -0.05) is 53.5 Å². The third-order valence-corrected chi connectivity index (χ3v) is 5.35. The molecule has 3 nitrogen and oxygen atoms in total. The molecule has 0 amide bonds. The number of hydrogen-bond donors (Lipinski definition) is 1. The highest BCUT2D eigenvalue weighted by molar-refractivity contribution is 9.10. The van der Waals surface area contributed by atoms with E-state index in [-0.39, 0.29) is 9.92 Å². The van der Waals surface area contributed by atoms with Crippen LogP contribution in [0.5, 0.6) is 0 Å². The molecule has 0 fully saturated rings. The largest absolute Gasteiger partial charge is 0.280 e. The van der Waals surface area contributed by atoms with Gasteiger partial charge in [0.05, 0.1) is 5.02 Å². The van der Waals surface area contributed by atoms with E-state index in [9.17, 15) is 8.42 Å². The average molecular weight is 389 g/mol. The molecule has 0 saturated heterocycles. The molecule has 112 valence electrons. The molecule has 0 unspecified atom stereocenters. The van der Waals surface area contributed by atoms with E-state index in [0.717, 1.165) is 10.0 Å². The summed E-state index contributed by atoms with van der Waals surface area (Å²) in [6, 6.07) is 12.0. The predicted octanol–water partition coefficient (Wildman–Crippen LogP) is 5.03. The lowest BCUT2D eigenvalue weighted by Crippen LogP contribution is -2.13. The fraction of sp³-hybridized carbons (Fsp3) is 0.200. The first-order valence-corrected chi connectivity index (χ1v) is 9.03. The van der Waals surface area contributed by atoms with Gasteiger partial charge in [-0.3, -0.25) is 4.72 Å². The number of halogens is 2. The molecule has 0 bridgehead atoms. The van der Waals surface area contributed by atoms with Gasteiger partial charge < -0.3 is 0 Å². The predicted molar refractivity (Wildman–Crippen MR) is 90.5 cm³/mol. The molecule has 1 N–H and O–H groups in total. The zero-order valence-corrected chi connectivity index (χ0v) is 14.8. The number of sulfonamides is 1. The lowest BCUT2D eigenvalue weighted by Gasteiger charge is -2.12. The van der Waals surface area contributed by atoms with E-state index >= 15 is 0 Å². The Kier molecular flexibility index (Phi) is 4.96. The van der Waals surface area contributed by atoms with Crippen LogP contribution in [0.4, 0.5) is 5.69 Å². The number of nitrogens with one attached hydrogen (secondary N) is 1. The molecule has 0 aliphatic carbocycles. The first-order valence-electron chi connectivity index (χ1n) is 6.37. The highest BCUT2D eigenvalue weighted by Crippen LogP contribution is 2.27. The highest BCUT2D eigenvalue weighted by atomic mass is 79.9. The summed E-state index contributed by atoms with van der Waals surface area (Å²) in [5.74, 6) is 0.325. The van der Waals surface area contributed by atoms with Crippen LogP contribution in [0.3, 0.4) is 0 Å². The standard InChI is InChI=1S/C15H15BrClNO2S/c1-10(2)11-4-3-5-13(8-11)18-21(19,20)15-7-6-12(16)9-14(15)17/h3-10,18H,1-2H3. The summed E-state index contributed by atoms with van der Waals surface area (Å²) >= 11 is 9.27. The lowest BCUT2D eigenvalue weighted by atomic mass is 10.0. The van der Waals surface area contributed by atoms with Gasteiger partial charge >= 0.3 is 0 Å². The van der Waals surface area contributed by atoms with Gasteiger partial charge in [0.15, 0.2) is 0 Å². The molecule has 0 aliphatic rings. The van der Waals surface area contributed by atoms with Crippen LogP contribution in [0.1, 0.15) is 25.3 Å². The van der Waals surface area contributed by atoms with Crippen molar-refractivity contribution in [2.45, 2.75) is 24.7 Å². The van der Waals surface area contributed by atoms with Crippen LogP contribution >= 0.6 is 27.5 Å². The maximum atomic E-state index is 12.4. The minimum absolute atomic E-state index is 0.0577. The maximum absolute atomic E-state index is 12.4. The van der Waals surface area contributed by atoms with Gasteiger partial charge in [0, 0.05) is 10.2 Å². The van der Waals surface area contributed by atoms with E-state index in [2.05, 4.69) is 34.5 Å². The molecule has 2 aromatic carbocycles. The van der Waals surface area contributed by atoms with Crippen LogP contribution < -0.4 is 4.72 Å². The molecule has 0 spiro atoms. The minimum Gasteiger partial charge on any atom is -0.280 e. The molecule has 0 aromatic heterocycles. The summed E-state index contributed by atoms with van der Waals surface area (Å²) < 4.78 is 28.1. The SMILES string of the molecule is CC(C)c1cccc(NS(=O)(=O)c2ccc(Br)cc2Cl)c1. The fourth-order valence-corrected chi connectivity index (χ4v) is 3.95. The van der Waals surface area contributed by atoms with Crippen LogP contribution in [0.25, 0.3) is 0 Å². The second-order valence-corrected chi connectivity index (χ2v) is 7.93. The molecule has 0 radical (unpaired) electrons.